The normalized spacial score (nSPS) is 17.1. The van der Waals surface area contributed by atoms with Gasteiger partial charge < -0.3 is 20.2 Å². The van der Waals surface area contributed by atoms with Crippen molar-refractivity contribution in [2.24, 2.45) is 0 Å². The van der Waals surface area contributed by atoms with Gasteiger partial charge in [0.15, 0.2) is 0 Å². The van der Waals surface area contributed by atoms with E-state index < -0.39 is 5.97 Å². The fourth-order valence-corrected chi connectivity index (χ4v) is 2.15. The average molecular weight is 286 g/mol. The second kappa shape index (κ2) is 8.76. The summed E-state index contributed by atoms with van der Waals surface area (Å²) in [6, 6.07) is -0.0494. The minimum absolute atomic E-state index is 0.0494. The van der Waals surface area contributed by atoms with E-state index in [-0.39, 0.29) is 12.6 Å². The van der Waals surface area contributed by atoms with Crippen LogP contribution in [-0.2, 0) is 4.79 Å². The summed E-state index contributed by atoms with van der Waals surface area (Å²) in [5.41, 5.74) is 0. The molecule has 0 aromatic rings. The van der Waals surface area contributed by atoms with Gasteiger partial charge in [-0.1, -0.05) is 6.92 Å². The van der Waals surface area contributed by atoms with Crippen molar-refractivity contribution in [2.45, 2.75) is 13.3 Å². The molecule has 0 spiro atoms. The van der Waals surface area contributed by atoms with Gasteiger partial charge >= 0.3 is 12.0 Å². The Morgan fingerprint density at radius 1 is 1.25 bits per heavy atom. The maximum Gasteiger partial charge on any atom is 0.317 e. The van der Waals surface area contributed by atoms with Gasteiger partial charge in [-0.25, -0.2) is 4.79 Å². The maximum absolute atomic E-state index is 12.0. The highest BCUT2D eigenvalue weighted by Crippen LogP contribution is 2.03. The standard InChI is InChI=1S/C13H26N4O3/c1-3-15(2)8-5-14-13(20)17-7-4-6-16(9-10-17)11-12(18)19/h3-11H2,1-2H3,(H,14,20)(H,18,19). The molecule has 7 nitrogen and oxygen atoms in total. The third kappa shape index (κ3) is 6.21. The Morgan fingerprint density at radius 3 is 2.65 bits per heavy atom. The van der Waals surface area contributed by atoms with Gasteiger partial charge in [0.25, 0.3) is 0 Å². The van der Waals surface area contributed by atoms with E-state index in [1.54, 1.807) is 4.90 Å². The van der Waals surface area contributed by atoms with E-state index in [1.165, 1.54) is 0 Å². The van der Waals surface area contributed by atoms with Crippen LogP contribution in [0, 0.1) is 0 Å². The molecular weight excluding hydrogens is 260 g/mol. The molecule has 2 amide bonds. The van der Waals surface area contributed by atoms with Crippen LogP contribution in [0.25, 0.3) is 0 Å². The fraction of sp³-hybridized carbons (Fsp3) is 0.846. The van der Waals surface area contributed by atoms with Crippen LogP contribution in [0.3, 0.4) is 0 Å². The van der Waals surface area contributed by atoms with Crippen LogP contribution in [0.1, 0.15) is 13.3 Å². The van der Waals surface area contributed by atoms with Gasteiger partial charge in [0.2, 0.25) is 0 Å². The van der Waals surface area contributed by atoms with Gasteiger partial charge in [-0.05, 0) is 20.0 Å². The number of nitrogens with one attached hydrogen (secondary N) is 1. The zero-order valence-corrected chi connectivity index (χ0v) is 12.5. The summed E-state index contributed by atoms with van der Waals surface area (Å²) in [5, 5.41) is 11.7. The molecule has 1 rings (SSSR count). The van der Waals surface area contributed by atoms with Crippen LogP contribution in [-0.4, -0.2) is 91.2 Å². The van der Waals surface area contributed by atoms with Crippen molar-refractivity contribution < 1.29 is 14.7 Å². The molecule has 0 radical (unpaired) electrons. The Kier molecular flexibility index (Phi) is 7.32. The fourth-order valence-electron chi connectivity index (χ4n) is 2.15. The third-order valence-corrected chi connectivity index (χ3v) is 3.54. The molecule has 7 heteroatoms. The molecule has 0 aromatic heterocycles. The topological polar surface area (TPSA) is 76.1 Å². The highest BCUT2D eigenvalue weighted by atomic mass is 16.4. The summed E-state index contributed by atoms with van der Waals surface area (Å²) >= 11 is 0. The first-order chi connectivity index (χ1) is 9.52. The Bertz CT molecular complexity index is 325. The monoisotopic (exact) mass is 286 g/mol. The summed E-state index contributed by atoms with van der Waals surface area (Å²) < 4.78 is 0. The van der Waals surface area contributed by atoms with Crippen LogP contribution < -0.4 is 5.32 Å². The number of rotatable bonds is 6. The van der Waals surface area contributed by atoms with Crippen LogP contribution in [0.15, 0.2) is 0 Å². The number of urea groups is 1. The van der Waals surface area contributed by atoms with Crippen LogP contribution in [0.5, 0.6) is 0 Å². The predicted octanol–water partition coefficient (Wildman–Crippen LogP) is -0.260. The van der Waals surface area contributed by atoms with Gasteiger partial charge in [0.05, 0.1) is 6.54 Å². The number of aliphatic carboxylic acids is 1. The first-order valence-electron chi connectivity index (χ1n) is 7.18. The molecule has 1 aliphatic heterocycles. The van der Waals surface area contributed by atoms with Crippen molar-refractivity contribution >= 4 is 12.0 Å². The van der Waals surface area contributed by atoms with Crippen molar-refractivity contribution in [3.05, 3.63) is 0 Å². The van der Waals surface area contributed by atoms with Crippen molar-refractivity contribution in [3.8, 4) is 0 Å². The number of carboxylic acid groups (broad SMARTS) is 1. The van der Waals surface area contributed by atoms with E-state index in [4.69, 9.17) is 5.11 Å². The molecule has 1 aliphatic rings. The van der Waals surface area contributed by atoms with E-state index in [9.17, 15) is 9.59 Å². The van der Waals surface area contributed by atoms with Crippen LogP contribution >= 0.6 is 0 Å². The number of carboxylic acids is 1. The minimum atomic E-state index is -0.814. The summed E-state index contributed by atoms with van der Waals surface area (Å²) in [5.74, 6) is -0.814. The zero-order valence-electron chi connectivity index (χ0n) is 12.5. The number of hydrogen-bond acceptors (Lipinski definition) is 4. The molecule has 0 unspecified atom stereocenters. The van der Waals surface area contributed by atoms with Gasteiger partial charge in [-0.2, -0.15) is 0 Å². The number of likely N-dealkylation sites (N-methyl/N-ethyl adjacent to an activating group) is 1. The molecule has 0 atom stereocenters. The van der Waals surface area contributed by atoms with Crippen LogP contribution in [0.4, 0.5) is 4.79 Å². The summed E-state index contributed by atoms with van der Waals surface area (Å²) in [4.78, 5) is 28.5. The molecule has 116 valence electrons. The predicted molar refractivity (Wildman–Crippen MR) is 76.8 cm³/mol. The minimum Gasteiger partial charge on any atom is -0.480 e. The summed E-state index contributed by atoms with van der Waals surface area (Å²) in [6.45, 7) is 7.19. The SMILES string of the molecule is CCN(C)CCNC(=O)N1CCCN(CC(=O)O)CC1. The van der Waals surface area contributed by atoms with E-state index >= 15 is 0 Å². The molecule has 0 saturated carbocycles. The van der Waals surface area contributed by atoms with E-state index in [2.05, 4.69) is 17.1 Å². The average Bonchev–Trinajstić information content (AvgIpc) is 2.63. The van der Waals surface area contributed by atoms with E-state index in [0.29, 0.717) is 26.2 Å². The molecule has 0 aromatic carbocycles. The lowest BCUT2D eigenvalue weighted by atomic mass is 10.4. The lowest BCUT2D eigenvalue weighted by Crippen LogP contribution is -2.44. The highest BCUT2D eigenvalue weighted by Gasteiger charge is 2.19. The Hall–Kier alpha value is -1.34. The molecule has 20 heavy (non-hydrogen) atoms. The lowest BCUT2D eigenvalue weighted by Gasteiger charge is -2.22. The van der Waals surface area contributed by atoms with E-state index in [1.807, 2.05) is 11.9 Å². The molecule has 0 bridgehead atoms. The van der Waals surface area contributed by atoms with E-state index in [0.717, 1.165) is 26.1 Å². The van der Waals surface area contributed by atoms with Gasteiger partial charge in [-0.15, -0.1) is 0 Å². The lowest BCUT2D eigenvalue weighted by molar-refractivity contribution is -0.138. The number of nitrogens with zero attached hydrogens (tertiary/aromatic N) is 3. The number of carbonyl (C=O) groups is 2. The largest absolute Gasteiger partial charge is 0.480 e. The second-order valence-corrected chi connectivity index (χ2v) is 5.14. The van der Waals surface area contributed by atoms with Crippen molar-refractivity contribution in [2.75, 3.05) is 59.4 Å². The quantitative estimate of drug-likeness (QED) is 0.703. The van der Waals surface area contributed by atoms with Crippen molar-refractivity contribution in [1.29, 1.82) is 0 Å². The highest BCUT2D eigenvalue weighted by molar-refractivity contribution is 5.74. The summed E-state index contributed by atoms with van der Waals surface area (Å²) in [7, 11) is 2.02. The maximum atomic E-state index is 12.0. The van der Waals surface area contributed by atoms with Crippen molar-refractivity contribution in [3.63, 3.8) is 0 Å². The second-order valence-electron chi connectivity index (χ2n) is 5.14. The molecule has 1 heterocycles. The first-order valence-corrected chi connectivity index (χ1v) is 7.18. The molecule has 2 N–H and O–H groups in total. The molecule has 1 saturated heterocycles. The Balaban J connectivity index is 2.29. The van der Waals surface area contributed by atoms with Gasteiger partial charge in [0, 0.05) is 39.3 Å². The van der Waals surface area contributed by atoms with Crippen molar-refractivity contribution in [1.82, 2.24) is 20.0 Å². The van der Waals surface area contributed by atoms with Gasteiger partial charge in [0.1, 0.15) is 0 Å². The van der Waals surface area contributed by atoms with Gasteiger partial charge in [-0.3, -0.25) is 9.69 Å². The zero-order chi connectivity index (χ0) is 15.0. The molecule has 1 fully saturated rings. The number of hydrogen-bond donors (Lipinski definition) is 2. The molecule has 0 aliphatic carbocycles. The Morgan fingerprint density at radius 2 is 2.00 bits per heavy atom. The first kappa shape index (κ1) is 16.7. The molecular formula is C13H26N4O3. The third-order valence-electron chi connectivity index (χ3n) is 3.54. The Labute approximate surface area is 120 Å². The van der Waals surface area contributed by atoms with Crippen LogP contribution in [0.2, 0.25) is 0 Å². The smallest absolute Gasteiger partial charge is 0.317 e. The summed E-state index contributed by atoms with van der Waals surface area (Å²) in [6.07, 6.45) is 0.815. The number of amides is 2. The number of carbonyl (C=O) groups excluding carboxylic acids is 1.